The third-order valence-corrected chi connectivity index (χ3v) is 8.26. The van der Waals surface area contributed by atoms with Gasteiger partial charge >= 0.3 is 0 Å². The molecule has 3 aromatic heterocycles. The van der Waals surface area contributed by atoms with E-state index >= 15 is 0 Å². The summed E-state index contributed by atoms with van der Waals surface area (Å²) in [6.45, 7) is 7.42. The number of thiazole rings is 1. The van der Waals surface area contributed by atoms with E-state index in [0.29, 0.717) is 23.0 Å². The molecule has 0 saturated carbocycles. The Labute approximate surface area is 218 Å². The van der Waals surface area contributed by atoms with Crippen molar-refractivity contribution in [1.82, 2.24) is 14.9 Å². The third-order valence-electron chi connectivity index (χ3n) is 6.32. The van der Waals surface area contributed by atoms with Crippen LogP contribution in [0.1, 0.15) is 24.2 Å². The van der Waals surface area contributed by atoms with Crippen molar-refractivity contribution >= 4 is 54.8 Å². The number of thiophene rings is 1. The van der Waals surface area contributed by atoms with E-state index in [2.05, 4.69) is 18.7 Å². The van der Waals surface area contributed by atoms with E-state index in [1.807, 2.05) is 70.9 Å². The zero-order valence-electron chi connectivity index (χ0n) is 20.6. The number of ether oxygens (including phenoxy) is 1. The van der Waals surface area contributed by atoms with Crippen LogP contribution in [0.4, 0.5) is 5.13 Å². The van der Waals surface area contributed by atoms with Crippen LogP contribution in [-0.4, -0.2) is 54.1 Å². The SMILES string of the molecule is CCN(CC)CCN(C(=O)c1cc(-c2cccs2)nc2ccccc12)c1nc2c(OC)cccc2s1. The Kier molecular flexibility index (Phi) is 7.27. The molecule has 0 aliphatic rings. The summed E-state index contributed by atoms with van der Waals surface area (Å²) in [4.78, 5) is 29.2. The number of amides is 1. The van der Waals surface area contributed by atoms with Crippen LogP contribution in [0.5, 0.6) is 5.75 Å². The molecule has 0 spiro atoms. The molecule has 8 heteroatoms. The van der Waals surface area contributed by atoms with Crippen LogP contribution in [-0.2, 0) is 0 Å². The predicted octanol–water partition coefficient (Wildman–Crippen LogP) is 6.57. The van der Waals surface area contributed by atoms with Gasteiger partial charge in [-0.05, 0) is 48.8 Å². The van der Waals surface area contributed by atoms with Gasteiger partial charge in [-0.2, -0.15) is 0 Å². The molecule has 0 atom stereocenters. The normalized spacial score (nSPS) is 11.4. The highest BCUT2D eigenvalue weighted by atomic mass is 32.1. The fourth-order valence-electron chi connectivity index (χ4n) is 4.31. The number of carbonyl (C=O) groups is 1. The first kappa shape index (κ1) is 24.4. The molecule has 3 heterocycles. The second kappa shape index (κ2) is 10.7. The summed E-state index contributed by atoms with van der Waals surface area (Å²) in [7, 11) is 1.65. The smallest absolute Gasteiger partial charge is 0.260 e. The maximum atomic E-state index is 14.3. The number of methoxy groups -OCH3 is 1. The van der Waals surface area contributed by atoms with Crippen LogP contribution in [0, 0.1) is 0 Å². The first-order valence-electron chi connectivity index (χ1n) is 12.0. The van der Waals surface area contributed by atoms with E-state index in [4.69, 9.17) is 14.7 Å². The van der Waals surface area contributed by atoms with Crippen molar-refractivity contribution in [3.63, 3.8) is 0 Å². The second-order valence-electron chi connectivity index (χ2n) is 8.34. The van der Waals surface area contributed by atoms with Crippen molar-refractivity contribution in [1.29, 1.82) is 0 Å². The molecule has 0 fully saturated rings. The van der Waals surface area contributed by atoms with Gasteiger partial charge in [-0.15, -0.1) is 11.3 Å². The number of likely N-dealkylation sites (N-methyl/N-ethyl adjacent to an activating group) is 1. The number of hydrogen-bond donors (Lipinski definition) is 0. The summed E-state index contributed by atoms with van der Waals surface area (Å²) in [5.41, 5.74) is 3.03. The summed E-state index contributed by atoms with van der Waals surface area (Å²) in [5, 5.41) is 3.54. The lowest BCUT2D eigenvalue weighted by molar-refractivity contribution is 0.0985. The standard InChI is InChI=1S/C28H28N4O2S2/c1-4-31(5-2)15-16-32(28-30-26-23(34-3)12-8-13-25(26)36-28)27(33)20-18-22(24-14-9-17-35-24)29-21-11-7-6-10-19(20)21/h6-14,17-18H,4-5,15-16H2,1-3H3. The maximum absolute atomic E-state index is 14.3. The molecule has 1 amide bonds. The van der Waals surface area contributed by atoms with Crippen molar-refractivity contribution in [3.05, 3.63) is 71.6 Å². The van der Waals surface area contributed by atoms with Gasteiger partial charge in [0.15, 0.2) is 5.13 Å². The molecule has 0 aliphatic carbocycles. The lowest BCUT2D eigenvalue weighted by atomic mass is 10.1. The number of rotatable bonds is 9. The number of aromatic nitrogens is 2. The Bertz CT molecular complexity index is 1490. The summed E-state index contributed by atoms with van der Waals surface area (Å²) in [6, 6.07) is 19.7. The Morgan fingerprint density at radius 1 is 0.972 bits per heavy atom. The van der Waals surface area contributed by atoms with Gasteiger partial charge in [-0.3, -0.25) is 9.69 Å². The summed E-state index contributed by atoms with van der Waals surface area (Å²) in [6.07, 6.45) is 0. The predicted molar refractivity (Wildman–Crippen MR) is 151 cm³/mol. The van der Waals surface area contributed by atoms with E-state index in [0.717, 1.165) is 51.3 Å². The van der Waals surface area contributed by atoms with Gasteiger partial charge in [0.2, 0.25) is 0 Å². The van der Waals surface area contributed by atoms with Crippen LogP contribution < -0.4 is 9.64 Å². The zero-order chi connectivity index (χ0) is 25.1. The fraction of sp³-hybridized carbons (Fsp3) is 0.250. The molecule has 0 unspecified atom stereocenters. The van der Waals surface area contributed by atoms with Gasteiger partial charge in [0.25, 0.3) is 5.91 Å². The van der Waals surface area contributed by atoms with Gasteiger partial charge in [-0.25, -0.2) is 9.97 Å². The van der Waals surface area contributed by atoms with Crippen LogP contribution in [0.2, 0.25) is 0 Å². The zero-order valence-corrected chi connectivity index (χ0v) is 22.2. The molecule has 5 aromatic rings. The lowest BCUT2D eigenvalue weighted by Gasteiger charge is -2.25. The molecule has 0 bridgehead atoms. The topological polar surface area (TPSA) is 58.6 Å². The van der Waals surface area contributed by atoms with E-state index < -0.39 is 0 Å². The minimum atomic E-state index is -0.0726. The molecule has 6 nitrogen and oxygen atoms in total. The molecule has 0 radical (unpaired) electrons. The molecule has 2 aromatic carbocycles. The van der Waals surface area contributed by atoms with Crippen LogP contribution in [0.15, 0.2) is 66.0 Å². The highest BCUT2D eigenvalue weighted by Gasteiger charge is 2.25. The average molecular weight is 517 g/mol. The number of carbonyl (C=O) groups excluding carboxylic acids is 1. The van der Waals surface area contributed by atoms with Crippen LogP contribution in [0.3, 0.4) is 0 Å². The van der Waals surface area contributed by atoms with Crippen LogP contribution in [0.25, 0.3) is 31.7 Å². The molecule has 0 aliphatic heterocycles. The first-order chi connectivity index (χ1) is 17.6. The Hall–Kier alpha value is -3.33. The highest BCUT2D eigenvalue weighted by Crippen LogP contribution is 2.36. The van der Waals surface area contributed by atoms with Crippen molar-refractivity contribution in [2.45, 2.75) is 13.8 Å². The first-order valence-corrected chi connectivity index (χ1v) is 13.7. The monoisotopic (exact) mass is 516 g/mol. The van der Waals surface area contributed by atoms with Gasteiger partial charge in [0.05, 0.1) is 33.5 Å². The summed E-state index contributed by atoms with van der Waals surface area (Å²) >= 11 is 3.13. The third kappa shape index (κ3) is 4.72. The summed E-state index contributed by atoms with van der Waals surface area (Å²) < 4.78 is 6.53. The minimum Gasteiger partial charge on any atom is -0.494 e. The number of para-hydroxylation sites is 2. The highest BCUT2D eigenvalue weighted by molar-refractivity contribution is 7.22. The molecular weight excluding hydrogens is 488 g/mol. The van der Waals surface area contributed by atoms with Crippen molar-refractivity contribution in [2.75, 3.05) is 38.2 Å². The maximum Gasteiger partial charge on any atom is 0.260 e. The molecular formula is C28H28N4O2S2. The van der Waals surface area contributed by atoms with Crippen molar-refractivity contribution in [2.24, 2.45) is 0 Å². The summed E-state index contributed by atoms with van der Waals surface area (Å²) in [5.74, 6) is 0.636. The van der Waals surface area contributed by atoms with Crippen molar-refractivity contribution in [3.8, 4) is 16.3 Å². The minimum absolute atomic E-state index is 0.0726. The van der Waals surface area contributed by atoms with E-state index in [9.17, 15) is 4.79 Å². The second-order valence-corrected chi connectivity index (χ2v) is 10.3. The van der Waals surface area contributed by atoms with Gasteiger partial charge in [0, 0.05) is 18.5 Å². The number of nitrogens with zero attached hydrogens (tertiary/aromatic N) is 4. The molecule has 0 saturated heterocycles. The quantitative estimate of drug-likeness (QED) is 0.222. The van der Waals surface area contributed by atoms with E-state index in [-0.39, 0.29) is 5.91 Å². The van der Waals surface area contributed by atoms with Crippen molar-refractivity contribution < 1.29 is 9.53 Å². The van der Waals surface area contributed by atoms with Crippen LogP contribution >= 0.6 is 22.7 Å². The van der Waals surface area contributed by atoms with E-state index in [1.54, 1.807) is 18.4 Å². The number of fused-ring (bicyclic) bond motifs is 2. The number of pyridine rings is 1. The molecule has 0 N–H and O–H groups in total. The molecule has 5 rings (SSSR count). The van der Waals surface area contributed by atoms with Gasteiger partial charge in [-0.1, -0.05) is 55.5 Å². The van der Waals surface area contributed by atoms with Gasteiger partial charge < -0.3 is 9.64 Å². The number of benzene rings is 2. The largest absolute Gasteiger partial charge is 0.494 e. The molecule has 36 heavy (non-hydrogen) atoms. The average Bonchev–Trinajstić information content (AvgIpc) is 3.60. The Balaban J connectivity index is 1.63. The molecule has 184 valence electrons. The Morgan fingerprint density at radius 3 is 2.56 bits per heavy atom. The fourth-order valence-corrected chi connectivity index (χ4v) is 6.00. The lowest BCUT2D eigenvalue weighted by Crippen LogP contribution is -2.39. The van der Waals surface area contributed by atoms with Gasteiger partial charge in [0.1, 0.15) is 11.3 Å². The number of hydrogen-bond acceptors (Lipinski definition) is 7. The van der Waals surface area contributed by atoms with E-state index in [1.165, 1.54) is 11.3 Å². The number of anilines is 1. The Morgan fingerprint density at radius 2 is 1.81 bits per heavy atom.